The first-order chi connectivity index (χ1) is 9.45. The van der Waals surface area contributed by atoms with Gasteiger partial charge < -0.3 is 15.4 Å². The predicted octanol–water partition coefficient (Wildman–Crippen LogP) is 3.91. The number of nitrogen functional groups attached to an aromatic ring is 1. The number of nitrogens with zero attached hydrogens (tertiary/aromatic N) is 2. The molecule has 0 aliphatic heterocycles. The standard InChI is InChI=1S/C14H18BrN3OS/c1-9(2)19-14-11(16)4-5-13(17-14)18(3)7-10-6-12(15)20-8-10/h4-6,8-9H,7,16H2,1-3H3. The molecule has 2 aromatic rings. The highest BCUT2D eigenvalue weighted by Gasteiger charge is 2.10. The van der Waals surface area contributed by atoms with Crippen LogP contribution in [0.15, 0.2) is 27.4 Å². The van der Waals surface area contributed by atoms with Gasteiger partial charge in [-0.15, -0.1) is 11.3 Å². The molecule has 0 fully saturated rings. The van der Waals surface area contributed by atoms with E-state index < -0.39 is 0 Å². The Kier molecular flexibility index (Phi) is 4.88. The fourth-order valence-corrected chi connectivity index (χ4v) is 2.96. The zero-order valence-corrected chi connectivity index (χ0v) is 14.2. The molecular formula is C14H18BrN3OS. The third-order valence-electron chi connectivity index (χ3n) is 2.65. The molecule has 0 radical (unpaired) electrons. The first kappa shape index (κ1) is 15.1. The molecule has 0 spiro atoms. The monoisotopic (exact) mass is 355 g/mol. The quantitative estimate of drug-likeness (QED) is 0.883. The summed E-state index contributed by atoms with van der Waals surface area (Å²) >= 11 is 5.15. The van der Waals surface area contributed by atoms with Crippen molar-refractivity contribution in [3.8, 4) is 5.88 Å². The molecule has 4 nitrogen and oxygen atoms in total. The molecule has 0 saturated carbocycles. The molecule has 0 saturated heterocycles. The van der Waals surface area contributed by atoms with Gasteiger partial charge in [0.05, 0.1) is 15.6 Å². The van der Waals surface area contributed by atoms with E-state index in [2.05, 4.69) is 37.3 Å². The fourth-order valence-electron chi connectivity index (χ4n) is 1.76. The van der Waals surface area contributed by atoms with Crippen LogP contribution in [-0.4, -0.2) is 18.1 Å². The number of hydrogen-bond donors (Lipinski definition) is 1. The Morgan fingerprint density at radius 2 is 2.20 bits per heavy atom. The molecule has 0 aliphatic rings. The molecule has 20 heavy (non-hydrogen) atoms. The number of anilines is 2. The smallest absolute Gasteiger partial charge is 0.239 e. The number of rotatable bonds is 5. The van der Waals surface area contributed by atoms with E-state index >= 15 is 0 Å². The summed E-state index contributed by atoms with van der Waals surface area (Å²) in [6, 6.07) is 5.86. The van der Waals surface area contributed by atoms with Crippen LogP contribution in [0.3, 0.4) is 0 Å². The number of halogens is 1. The summed E-state index contributed by atoms with van der Waals surface area (Å²) in [7, 11) is 2.00. The van der Waals surface area contributed by atoms with Gasteiger partial charge in [0.25, 0.3) is 0 Å². The average Bonchev–Trinajstić information content (AvgIpc) is 2.77. The van der Waals surface area contributed by atoms with Crippen LogP contribution in [0.25, 0.3) is 0 Å². The van der Waals surface area contributed by atoms with E-state index in [0.717, 1.165) is 16.1 Å². The maximum absolute atomic E-state index is 5.88. The highest BCUT2D eigenvalue weighted by molar-refractivity contribution is 9.11. The van der Waals surface area contributed by atoms with Gasteiger partial charge in [0, 0.05) is 13.6 Å². The molecule has 0 atom stereocenters. The Morgan fingerprint density at radius 1 is 1.45 bits per heavy atom. The van der Waals surface area contributed by atoms with E-state index in [4.69, 9.17) is 10.5 Å². The molecule has 0 unspecified atom stereocenters. The van der Waals surface area contributed by atoms with Gasteiger partial charge in [-0.05, 0) is 58.9 Å². The Labute approximate surface area is 131 Å². The highest BCUT2D eigenvalue weighted by Crippen LogP contribution is 2.26. The Bertz CT molecular complexity index is 586. The molecule has 0 bridgehead atoms. The molecule has 0 aliphatic carbocycles. The topological polar surface area (TPSA) is 51.4 Å². The molecule has 2 rings (SSSR count). The van der Waals surface area contributed by atoms with Crippen LogP contribution in [0.4, 0.5) is 11.5 Å². The van der Waals surface area contributed by atoms with Gasteiger partial charge in [0.2, 0.25) is 5.88 Å². The fraction of sp³-hybridized carbons (Fsp3) is 0.357. The lowest BCUT2D eigenvalue weighted by atomic mass is 10.3. The van der Waals surface area contributed by atoms with Crippen LogP contribution < -0.4 is 15.4 Å². The Morgan fingerprint density at radius 3 is 2.80 bits per heavy atom. The van der Waals surface area contributed by atoms with E-state index in [0.29, 0.717) is 11.6 Å². The van der Waals surface area contributed by atoms with E-state index in [1.165, 1.54) is 5.56 Å². The zero-order chi connectivity index (χ0) is 14.7. The van der Waals surface area contributed by atoms with Crippen molar-refractivity contribution in [2.45, 2.75) is 26.5 Å². The van der Waals surface area contributed by atoms with Gasteiger partial charge >= 0.3 is 0 Å². The van der Waals surface area contributed by atoms with Gasteiger partial charge in [0.1, 0.15) is 5.82 Å². The summed E-state index contributed by atoms with van der Waals surface area (Å²) in [6.07, 6.45) is 0.0539. The first-order valence-electron chi connectivity index (χ1n) is 6.33. The van der Waals surface area contributed by atoms with Crippen molar-refractivity contribution in [2.75, 3.05) is 17.7 Å². The summed E-state index contributed by atoms with van der Waals surface area (Å²) in [5.41, 5.74) is 7.69. The van der Waals surface area contributed by atoms with Crippen molar-refractivity contribution in [2.24, 2.45) is 0 Å². The van der Waals surface area contributed by atoms with Gasteiger partial charge in [-0.1, -0.05) is 0 Å². The van der Waals surface area contributed by atoms with Crippen molar-refractivity contribution in [3.05, 3.63) is 32.9 Å². The molecule has 2 N–H and O–H groups in total. The van der Waals surface area contributed by atoms with E-state index in [9.17, 15) is 0 Å². The zero-order valence-electron chi connectivity index (χ0n) is 11.8. The average molecular weight is 356 g/mol. The number of aromatic nitrogens is 1. The Hall–Kier alpha value is -1.27. The van der Waals surface area contributed by atoms with E-state index in [1.54, 1.807) is 11.3 Å². The van der Waals surface area contributed by atoms with Crippen LogP contribution in [0, 0.1) is 0 Å². The summed E-state index contributed by atoms with van der Waals surface area (Å²) in [5, 5.41) is 2.13. The minimum Gasteiger partial charge on any atom is -0.473 e. The Balaban J connectivity index is 2.15. The van der Waals surface area contributed by atoms with Gasteiger partial charge in [-0.2, -0.15) is 4.98 Å². The number of nitrogens with two attached hydrogens (primary N) is 1. The van der Waals surface area contributed by atoms with Crippen molar-refractivity contribution in [1.82, 2.24) is 4.98 Å². The number of hydrogen-bond acceptors (Lipinski definition) is 5. The van der Waals surface area contributed by atoms with Gasteiger partial charge in [0.15, 0.2) is 0 Å². The van der Waals surface area contributed by atoms with Gasteiger partial charge in [-0.3, -0.25) is 0 Å². The third kappa shape index (κ3) is 3.86. The molecule has 108 valence electrons. The van der Waals surface area contributed by atoms with E-state index in [-0.39, 0.29) is 6.10 Å². The molecular weight excluding hydrogens is 338 g/mol. The summed E-state index contributed by atoms with van der Waals surface area (Å²) < 4.78 is 6.76. The lowest BCUT2D eigenvalue weighted by Crippen LogP contribution is -2.18. The van der Waals surface area contributed by atoms with Crippen LogP contribution in [0.1, 0.15) is 19.4 Å². The third-order valence-corrected chi connectivity index (χ3v) is 4.21. The van der Waals surface area contributed by atoms with Crippen LogP contribution >= 0.6 is 27.3 Å². The lowest BCUT2D eigenvalue weighted by molar-refractivity contribution is 0.234. The largest absolute Gasteiger partial charge is 0.473 e. The SMILES string of the molecule is CC(C)Oc1nc(N(C)Cc2csc(Br)c2)ccc1N. The molecule has 6 heteroatoms. The van der Waals surface area contributed by atoms with Crippen molar-refractivity contribution >= 4 is 38.8 Å². The van der Waals surface area contributed by atoms with Crippen LogP contribution in [0.5, 0.6) is 5.88 Å². The van der Waals surface area contributed by atoms with Crippen LogP contribution in [0.2, 0.25) is 0 Å². The lowest BCUT2D eigenvalue weighted by Gasteiger charge is -2.19. The molecule has 0 amide bonds. The molecule has 0 aromatic carbocycles. The van der Waals surface area contributed by atoms with E-state index in [1.807, 2.05) is 33.0 Å². The molecule has 2 aromatic heterocycles. The van der Waals surface area contributed by atoms with Crippen LogP contribution in [-0.2, 0) is 6.54 Å². The number of thiophene rings is 1. The maximum Gasteiger partial charge on any atom is 0.239 e. The second-order valence-electron chi connectivity index (χ2n) is 4.85. The number of pyridine rings is 1. The predicted molar refractivity (Wildman–Crippen MR) is 88.5 cm³/mol. The second-order valence-corrected chi connectivity index (χ2v) is 7.14. The summed E-state index contributed by atoms with van der Waals surface area (Å²) in [5.74, 6) is 1.34. The highest BCUT2D eigenvalue weighted by atomic mass is 79.9. The normalized spacial score (nSPS) is 10.8. The minimum absolute atomic E-state index is 0.0539. The van der Waals surface area contributed by atoms with Crippen molar-refractivity contribution < 1.29 is 4.74 Å². The van der Waals surface area contributed by atoms with Gasteiger partial charge in [-0.25, -0.2) is 0 Å². The first-order valence-corrected chi connectivity index (χ1v) is 8.00. The van der Waals surface area contributed by atoms with Crippen molar-refractivity contribution in [3.63, 3.8) is 0 Å². The molecule has 2 heterocycles. The number of ether oxygens (including phenoxy) is 1. The van der Waals surface area contributed by atoms with Crippen molar-refractivity contribution in [1.29, 1.82) is 0 Å². The summed E-state index contributed by atoms with van der Waals surface area (Å²) in [6.45, 7) is 4.71. The summed E-state index contributed by atoms with van der Waals surface area (Å²) in [4.78, 5) is 6.56. The maximum atomic E-state index is 5.88. The second kappa shape index (κ2) is 6.45. The minimum atomic E-state index is 0.0539.